The van der Waals surface area contributed by atoms with Crippen molar-refractivity contribution in [2.75, 3.05) is 13.1 Å². The summed E-state index contributed by atoms with van der Waals surface area (Å²) in [6, 6.07) is 24.3. The van der Waals surface area contributed by atoms with Crippen molar-refractivity contribution in [1.29, 1.82) is 0 Å². The largest absolute Gasteiger partial charge is 0.339 e. The van der Waals surface area contributed by atoms with Crippen LogP contribution >= 0.6 is 0 Å². The molecule has 0 fully saturated rings. The molecule has 1 aliphatic heterocycles. The minimum absolute atomic E-state index is 0.112. The first-order valence-electron chi connectivity index (χ1n) is 11.8. The highest BCUT2D eigenvalue weighted by molar-refractivity contribution is 5.93. The number of para-hydroxylation sites is 1. The van der Waals surface area contributed by atoms with Crippen LogP contribution < -0.4 is 5.56 Å². The van der Waals surface area contributed by atoms with E-state index in [-0.39, 0.29) is 11.5 Å². The summed E-state index contributed by atoms with van der Waals surface area (Å²) in [4.78, 5) is 32.5. The first-order valence-corrected chi connectivity index (χ1v) is 11.8. The van der Waals surface area contributed by atoms with Gasteiger partial charge in [-0.1, -0.05) is 48.5 Å². The first-order chi connectivity index (χ1) is 17.1. The maximum Gasteiger partial charge on any atom is 0.275 e. The van der Waals surface area contributed by atoms with E-state index in [1.165, 1.54) is 5.39 Å². The third kappa shape index (κ3) is 3.65. The number of benzene rings is 2. The lowest BCUT2D eigenvalue weighted by Crippen LogP contribution is -2.46. The second-order valence-corrected chi connectivity index (χ2v) is 8.88. The lowest BCUT2D eigenvalue weighted by molar-refractivity contribution is 0.0695. The zero-order valence-electron chi connectivity index (χ0n) is 19.5. The summed E-state index contributed by atoms with van der Waals surface area (Å²) >= 11 is 0. The molecule has 7 heteroatoms. The molecule has 5 aromatic rings. The molecule has 0 N–H and O–H groups in total. The van der Waals surface area contributed by atoms with Crippen molar-refractivity contribution in [2.45, 2.75) is 20.0 Å². The molecule has 0 aliphatic carbocycles. The van der Waals surface area contributed by atoms with Crippen molar-refractivity contribution >= 4 is 16.8 Å². The quantitative estimate of drug-likeness (QED) is 0.394. The summed E-state index contributed by atoms with van der Waals surface area (Å²) < 4.78 is 5.58. The van der Waals surface area contributed by atoms with E-state index in [9.17, 15) is 9.59 Å². The van der Waals surface area contributed by atoms with Crippen LogP contribution in [0, 0.1) is 6.92 Å². The molecular weight excluding hydrogens is 438 g/mol. The highest BCUT2D eigenvalue weighted by atomic mass is 16.2. The summed E-state index contributed by atoms with van der Waals surface area (Å²) in [7, 11) is 0. The Morgan fingerprint density at radius 2 is 1.66 bits per heavy atom. The van der Waals surface area contributed by atoms with E-state index in [0.29, 0.717) is 37.6 Å². The highest BCUT2D eigenvalue weighted by Crippen LogP contribution is 2.28. The van der Waals surface area contributed by atoms with Crippen LogP contribution in [0.25, 0.3) is 27.8 Å². The van der Waals surface area contributed by atoms with Gasteiger partial charge in [0.15, 0.2) is 0 Å². The average molecular weight is 464 g/mol. The number of aromatic nitrogens is 4. The molecule has 1 amide bonds. The fourth-order valence-electron chi connectivity index (χ4n) is 4.94. The Bertz CT molecular complexity index is 1610. The van der Waals surface area contributed by atoms with Crippen molar-refractivity contribution in [3.63, 3.8) is 0 Å². The SMILES string of the molecule is Cc1cn(-c2ccc3n(c2=O)CCN(CCn2c(-c4ccccc4)cc4ccccc42)C3=O)cn1. The van der Waals surface area contributed by atoms with Gasteiger partial charge in [0.2, 0.25) is 0 Å². The van der Waals surface area contributed by atoms with E-state index in [0.717, 1.165) is 22.5 Å². The number of carbonyl (C=O) groups is 1. The number of nitrogens with zero attached hydrogens (tertiary/aromatic N) is 5. The fourth-order valence-corrected chi connectivity index (χ4v) is 4.94. The van der Waals surface area contributed by atoms with E-state index in [1.807, 2.05) is 48.4 Å². The maximum atomic E-state index is 13.3. The molecule has 2 aromatic carbocycles. The van der Waals surface area contributed by atoms with Crippen molar-refractivity contribution < 1.29 is 4.79 Å². The third-order valence-corrected chi connectivity index (χ3v) is 6.72. The van der Waals surface area contributed by atoms with Gasteiger partial charge in [-0.15, -0.1) is 0 Å². The summed E-state index contributed by atoms with van der Waals surface area (Å²) in [5.41, 5.74) is 5.02. The zero-order chi connectivity index (χ0) is 23.9. The molecule has 174 valence electrons. The number of amides is 1. The molecule has 1 aliphatic rings. The zero-order valence-corrected chi connectivity index (χ0v) is 19.5. The van der Waals surface area contributed by atoms with E-state index in [2.05, 4.69) is 39.9 Å². The van der Waals surface area contributed by atoms with Gasteiger partial charge in [0, 0.05) is 49.0 Å². The number of hydrogen-bond acceptors (Lipinski definition) is 3. The van der Waals surface area contributed by atoms with Gasteiger partial charge in [-0.2, -0.15) is 0 Å². The molecule has 7 nitrogen and oxygen atoms in total. The smallest absolute Gasteiger partial charge is 0.275 e. The van der Waals surface area contributed by atoms with Gasteiger partial charge in [-0.25, -0.2) is 4.98 Å². The molecule has 0 radical (unpaired) electrons. The van der Waals surface area contributed by atoms with Crippen LogP contribution in [0.4, 0.5) is 0 Å². The van der Waals surface area contributed by atoms with Crippen molar-refractivity contribution in [1.82, 2.24) is 23.6 Å². The minimum Gasteiger partial charge on any atom is -0.339 e. The van der Waals surface area contributed by atoms with Gasteiger partial charge in [-0.05, 0) is 36.8 Å². The summed E-state index contributed by atoms with van der Waals surface area (Å²) in [5.74, 6) is -0.112. The van der Waals surface area contributed by atoms with Crippen molar-refractivity contribution in [2.24, 2.45) is 0 Å². The highest BCUT2D eigenvalue weighted by Gasteiger charge is 2.26. The van der Waals surface area contributed by atoms with Crippen LogP contribution in [0.15, 0.2) is 90.1 Å². The van der Waals surface area contributed by atoms with Gasteiger partial charge in [0.05, 0.1) is 12.0 Å². The molecule has 3 aromatic heterocycles. The molecule has 6 rings (SSSR count). The third-order valence-electron chi connectivity index (χ3n) is 6.72. The fraction of sp³-hybridized carbons (Fsp3) is 0.179. The van der Waals surface area contributed by atoms with Gasteiger partial charge < -0.3 is 18.6 Å². The lowest BCUT2D eigenvalue weighted by Gasteiger charge is -2.30. The van der Waals surface area contributed by atoms with Crippen molar-refractivity contribution in [3.8, 4) is 16.9 Å². The second-order valence-electron chi connectivity index (χ2n) is 8.88. The van der Waals surface area contributed by atoms with Gasteiger partial charge in [0.1, 0.15) is 11.4 Å². The first kappa shape index (κ1) is 21.2. The summed E-state index contributed by atoms with van der Waals surface area (Å²) in [5, 5.41) is 1.18. The van der Waals surface area contributed by atoms with E-state index in [1.54, 1.807) is 27.6 Å². The second kappa shape index (κ2) is 8.43. The number of carbonyl (C=O) groups excluding carboxylic acids is 1. The molecule has 0 saturated heterocycles. The number of pyridine rings is 1. The Labute approximate surface area is 202 Å². The van der Waals surface area contributed by atoms with Crippen LogP contribution in [-0.4, -0.2) is 42.6 Å². The lowest BCUT2D eigenvalue weighted by atomic mass is 10.1. The molecule has 35 heavy (non-hydrogen) atoms. The van der Waals surface area contributed by atoms with E-state index in [4.69, 9.17) is 0 Å². The molecule has 0 bridgehead atoms. The van der Waals surface area contributed by atoms with E-state index < -0.39 is 0 Å². The van der Waals surface area contributed by atoms with Crippen LogP contribution in [-0.2, 0) is 13.1 Å². The summed E-state index contributed by atoms with van der Waals surface area (Å²) in [6.07, 6.45) is 3.44. The topological polar surface area (TPSA) is 65.1 Å². The monoisotopic (exact) mass is 463 g/mol. The number of hydrogen-bond donors (Lipinski definition) is 0. The Morgan fingerprint density at radius 3 is 2.46 bits per heavy atom. The number of fused-ring (bicyclic) bond motifs is 2. The molecule has 4 heterocycles. The Hall–Kier alpha value is -4.39. The Morgan fingerprint density at radius 1 is 0.857 bits per heavy atom. The van der Waals surface area contributed by atoms with Crippen LogP contribution in [0.3, 0.4) is 0 Å². The van der Waals surface area contributed by atoms with Crippen LogP contribution in [0.2, 0.25) is 0 Å². The number of rotatable bonds is 5. The maximum absolute atomic E-state index is 13.3. The molecular formula is C28H25N5O2. The molecule has 0 saturated carbocycles. The van der Waals surface area contributed by atoms with Gasteiger partial charge in [-0.3, -0.25) is 9.59 Å². The Balaban J connectivity index is 1.29. The minimum atomic E-state index is -0.171. The van der Waals surface area contributed by atoms with Crippen molar-refractivity contribution in [3.05, 3.63) is 107 Å². The number of aryl methyl sites for hydroxylation is 1. The molecule has 0 spiro atoms. The predicted molar refractivity (Wildman–Crippen MR) is 136 cm³/mol. The van der Waals surface area contributed by atoms with Crippen LogP contribution in [0.1, 0.15) is 16.2 Å². The molecule has 0 unspecified atom stereocenters. The number of imidazole rings is 1. The standard InChI is InChI=1S/C28H25N5O2/c1-20-18-31(19-29-20)24-11-12-25-27(34)30(14-16-33(25)28(24)35)13-15-32-23-10-6-5-9-22(23)17-26(32)21-7-3-2-4-8-21/h2-12,17-19H,13-16H2,1H3. The van der Waals surface area contributed by atoms with Crippen LogP contribution in [0.5, 0.6) is 0 Å². The Kier molecular flexibility index (Phi) is 5.10. The average Bonchev–Trinajstić information content (AvgIpc) is 3.48. The summed E-state index contributed by atoms with van der Waals surface area (Å²) in [6.45, 7) is 4.08. The van der Waals surface area contributed by atoms with Gasteiger partial charge >= 0.3 is 0 Å². The van der Waals surface area contributed by atoms with E-state index >= 15 is 0 Å². The van der Waals surface area contributed by atoms with Gasteiger partial charge in [0.25, 0.3) is 11.5 Å². The predicted octanol–water partition coefficient (Wildman–Crippen LogP) is 4.12. The molecule has 0 atom stereocenters. The normalized spacial score (nSPS) is 13.4.